The van der Waals surface area contributed by atoms with Crippen LogP contribution in [0.5, 0.6) is 11.5 Å². The Kier molecular flexibility index (Phi) is 6.12. The molecule has 0 fully saturated rings. The average Bonchev–Trinajstić information content (AvgIpc) is 3.43. The molecular weight excluding hydrogens is 579 g/mol. The first-order valence-electron chi connectivity index (χ1n) is 15.6. The quantitative estimate of drug-likeness (QED) is 0.202. The van der Waals surface area contributed by atoms with Gasteiger partial charge in [0, 0.05) is 11.1 Å². The van der Waals surface area contributed by atoms with Crippen molar-refractivity contribution < 1.29 is 9.63 Å². The zero-order chi connectivity index (χ0) is 30.7. The number of benzene rings is 7. The summed E-state index contributed by atoms with van der Waals surface area (Å²) in [5.41, 5.74) is 9.09. The van der Waals surface area contributed by atoms with E-state index in [0.717, 1.165) is 49.7 Å². The van der Waals surface area contributed by atoms with Crippen molar-refractivity contribution in [1.82, 2.24) is 0 Å². The van der Waals surface area contributed by atoms with Gasteiger partial charge in [-0.05, 0) is 88.0 Å². The van der Waals surface area contributed by atoms with Crippen LogP contribution in [0.2, 0.25) is 0 Å². The molecule has 0 amide bonds. The molecule has 2 nitrogen and oxygen atoms in total. The van der Waals surface area contributed by atoms with Gasteiger partial charge >= 0.3 is 0 Å². The molecule has 1 aliphatic heterocycles. The molecule has 0 saturated heterocycles. The first-order valence-corrected chi connectivity index (χ1v) is 17.4. The van der Waals surface area contributed by atoms with Crippen LogP contribution in [-0.4, -0.2) is 4.89 Å². The molecule has 0 bridgehead atoms. The summed E-state index contributed by atoms with van der Waals surface area (Å²) in [7, 11) is -2.81. The minimum absolute atomic E-state index is 0.500. The van der Waals surface area contributed by atoms with Crippen molar-refractivity contribution in [3.63, 3.8) is 0 Å². The predicted octanol–water partition coefficient (Wildman–Crippen LogP) is 9.02. The number of ether oxygens (including phenoxy) is 1. The first kappa shape index (κ1) is 27.1. The highest BCUT2D eigenvalue weighted by atomic mass is 31.2. The van der Waals surface area contributed by atoms with Crippen molar-refractivity contribution in [1.29, 1.82) is 0 Å². The number of hydrogen-bond donors (Lipinski definition) is 1. The van der Waals surface area contributed by atoms with E-state index in [4.69, 9.17) is 4.74 Å². The van der Waals surface area contributed by atoms with E-state index in [2.05, 4.69) is 115 Å². The van der Waals surface area contributed by atoms with E-state index < -0.39 is 12.9 Å². The summed E-state index contributed by atoms with van der Waals surface area (Å²) in [6.07, 6.45) is 0. The van der Waals surface area contributed by atoms with Crippen LogP contribution in [0, 0.1) is 0 Å². The SMILES string of the molecule is O[P+](c1ccccc1)(c1ccccc1)c1ccc(-c2ccc3c(c2)C2(c4ccccc4O3)c3ccccc3-c3ccccc32)cc1. The summed E-state index contributed by atoms with van der Waals surface area (Å²) in [5, 5.41) is 2.82. The third-order valence-corrected chi connectivity index (χ3v) is 12.8. The maximum absolute atomic E-state index is 12.5. The molecule has 1 heterocycles. The zero-order valence-electron chi connectivity index (χ0n) is 25.0. The van der Waals surface area contributed by atoms with Gasteiger partial charge in [0.25, 0.3) is 0 Å². The predicted molar refractivity (Wildman–Crippen MR) is 190 cm³/mol. The van der Waals surface area contributed by atoms with Gasteiger partial charge in [-0.25, -0.2) is 4.89 Å². The van der Waals surface area contributed by atoms with Crippen LogP contribution in [-0.2, 0) is 5.41 Å². The Hall–Kier alpha value is -5.27. The molecule has 0 atom stereocenters. The van der Waals surface area contributed by atoms with Gasteiger partial charge < -0.3 is 4.74 Å². The summed E-state index contributed by atoms with van der Waals surface area (Å²) >= 11 is 0. The summed E-state index contributed by atoms with van der Waals surface area (Å²) in [6.45, 7) is 0. The molecule has 0 radical (unpaired) electrons. The van der Waals surface area contributed by atoms with Gasteiger partial charge in [-0.2, -0.15) is 0 Å². The Morgan fingerprint density at radius 1 is 0.391 bits per heavy atom. The topological polar surface area (TPSA) is 29.5 Å². The smallest absolute Gasteiger partial charge is 0.238 e. The molecular formula is C43H30O2P+. The number of hydrogen-bond acceptors (Lipinski definition) is 2. The molecule has 46 heavy (non-hydrogen) atoms. The fourth-order valence-corrected chi connectivity index (χ4v) is 10.3. The highest BCUT2D eigenvalue weighted by Crippen LogP contribution is 2.62. The van der Waals surface area contributed by atoms with Gasteiger partial charge in [-0.15, -0.1) is 0 Å². The van der Waals surface area contributed by atoms with Gasteiger partial charge in [-0.3, -0.25) is 0 Å². The largest absolute Gasteiger partial charge is 0.457 e. The molecule has 1 N–H and O–H groups in total. The molecule has 0 unspecified atom stereocenters. The van der Waals surface area contributed by atoms with E-state index in [-0.39, 0.29) is 0 Å². The molecule has 2 aliphatic rings. The van der Waals surface area contributed by atoms with Gasteiger partial charge in [0.1, 0.15) is 27.4 Å². The molecule has 0 aromatic heterocycles. The van der Waals surface area contributed by atoms with Crippen LogP contribution in [0.3, 0.4) is 0 Å². The Bertz CT molecular complexity index is 2160. The van der Waals surface area contributed by atoms with Crippen molar-refractivity contribution in [3.8, 4) is 33.8 Å². The molecule has 1 spiro atoms. The van der Waals surface area contributed by atoms with E-state index >= 15 is 0 Å². The lowest BCUT2D eigenvalue weighted by atomic mass is 9.66. The van der Waals surface area contributed by atoms with Crippen LogP contribution in [0.25, 0.3) is 22.3 Å². The lowest BCUT2D eigenvalue weighted by Crippen LogP contribution is -2.32. The summed E-state index contributed by atoms with van der Waals surface area (Å²) in [4.78, 5) is 12.5. The van der Waals surface area contributed by atoms with Gasteiger partial charge in [-0.1, -0.05) is 121 Å². The Balaban J connectivity index is 1.22. The second kappa shape index (κ2) is 10.4. The monoisotopic (exact) mass is 609 g/mol. The fraction of sp³-hybridized carbons (Fsp3) is 0.0233. The van der Waals surface area contributed by atoms with E-state index in [1.165, 1.54) is 22.3 Å². The van der Waals surface area contributed by atoms with Crippen molar-refractivity contribution in [2.45, 2.75) is 5.41 Å². The van der Waals surface area contributed by atoms with E-state index in [0.29, 0.717) is 0 Å². The molecule has 0 saturated carbocycles. The summed E-state index contributed by atoms with van der Waals surface area (Å²) in [6, 6.07) is 61.3. The minimum atomic E-state index is -2.81. The van der Waals surface area contributed by atoms with Crippen molar-refractivity contribution in [2.24, 2.45) is 0 Å². The van der Waals surface area contributed by atoms with Crippen LogP contribution in [0.4, 0.5) is 0 Å². The Labute approximate surface area is 269 Å². The minimum Gasteiger partial charge on any atom is -0.457 e. The molecule has 7 aromatic carbocycles. The first-order chi connectivity index (χ1) is 22.7. The molecule has 7 aromatic rings. The lowest BCUT2D eigenvalue weighted by Gasteiger charge is -2.39. The molecule has 1 aliphatic carbocycles. The van der Waals surface area contributed by atoms with Crippen molar-refractivity contribution >= 4 is 23.4 Å². The van der Waals surface area contributed by atoms with Crippen LogP contribution < -0.4 is 20.7 Å². The lowest BCUT2D eigenvalue weighted by molar-refractivity contribution is 0.436. The Morgan fingerprint density at radius 3 is 1.46 bits per heavy atom. The zero-order valence-corrected chi connectivity index (χ0v) is 25.9. The summed E-state index contributed by atoms with van der Waals surface area (Å²) in [5.74, 6) is 1.77. The molecule has 3 heteroatoms. The second-order valence-electron chi connectivity index (χ2n) is 12.0. The van der Waals surface area contributed by atoms with Crippen molar-refractivity contribution in [3.05, 3.63) is 198 Å². The third-order valence-electron chi connectivity index (χ3n) is 9.68. The van der Waals surface area contributed by atoms with E-state index in [9.17, 15) is 4.89 Å². The normalized spacial score (nSPS) is 13.7. The van der Waals surface area contributed by atoms with Crippen LogP contribution in [0.1, 0.15) is 22.3 Å². The highest BCUT2D eigenvalue weighted by molar-refractivity contribution is 7.91. The highest BCUT2D eigenvalue weighted by Gasteiger charge is 2.51. The van der Waals surface area contributed by atoms with Crippen LogP contribution >= 0.6 is 7.49 Å². The van der Waals surface area contributed by atoms with E-state index in [1.807, 2.05) is 60.7 Å². The van der Waals surface area contributed by atoms with Gasteiger partial charge in [0.05, 0.1) is 5.41 Å². The summed E-state index contributed by atoms with van der Waals surface area (Å²) < 4.78 is 6.62. The molecule has 218 valence electrons. The number of para-hydroxylation sites is 1. The van der Waals surface area contributed by atoms with Crippen LogP contribution in [0.15, 0.2) is 176 Å². The maximum atomic E-state index is 12.5. The fourth-order valence-electron chi connectivity index (χ4n) is 7.64. The van der Waals surface area contributed by atoms with Gasteiger partial charge in [0.2, 0.25) is 7.49 Å². The standard InChI is InChI=1S/C43H30O2P/c44-46(32-13-3-1-4-14-32,33-15-5-2-6-16-33)34-26-23-30(24-27-34)31-25-28-42-40(29-31)43(39-21-11-12-22-41(39)45-42)37-19-9-7-17-35(37)36-18-8-10-20-38(36)43/h1-29,44H/q+1. The second-order valence-corrected chi connectivity index (χ2v) is 14.8. The number of fused-ring (bicyclic) bond motifs is 9. The number of rotatable bonds is 4. The molecule has 9 rings (SSSR count). The third kappa shape index (κ3) is 3.78. The Morgan fingerprint density at radius 2 is 0.848 bits per heavy atom. The maximum Gasteiger partial charge on any atom is 0.238 e. The van der Waals surface area contributed by atoms with Crippen molar-refractivity contribution in [2.75, 3.05) is 0 Å². The van der Waals surface area contributed by atoms with E-state index in [1.54, 1.807) is 0 Å². The van der Waals surface area contributed by atoms with Gasteiger partial charge in [0.15, 0.2) is 0 Å². The average molecular weight is 610 g/mol.